The second-order valence-electron chi connectivity index (χ2n) is 8.73. The molecule has 0 aromatic heterocycles. The maximum atomic E-state index is 4.85. The molecule has 1 fully saturated rings. The summed E-state index contributed by atoms with van der Waals surface area (Å²) < 4.78 is 0. The highest BCUT2D eigenvalue weighted by Crippen LogP contribution is 2.23. The zero-order valence-electron chi connectivity index (χ0n) is 19.4. The van der Waals surface area contributed by atoms with Crippen molar-refractivity contribution in [1.82, 2.24) is 20.4 Å². The van der Waals surface area contributed by atoms with Gasteiger partial charge in [-0.1, -0.05) is 47.0 Å². The van der Waals surface area contributed by atoms with Crippen LogP contribution in [-0.2, 0) is 0 Å². The van der Waals surface area contributed by atoms with Crippen LogP contribution >= 0.6 is 24.0 Å². The molecule has 0 aromatic rings. The van der Waals surface area contributed by atoms with Gasteiger partial charge in [-0.05, 0) is 44.7 Å². The first kappa shape index (κ1) is 27.9. The molecule has 5 nitrogen and oxygen atoms in total. The molecule has 2 N–H and O–H groups in total. The average molecular weight is 510 g/mol. The Labute approximate surface area is 192 Å². The van der Waals surface area contributed by atoms with Crippen molar-refractivity contribution < 1.29 is 0 Å². The second-order valence-corrected chi connectivity index (χ2v) is 8.73. The van der Waals surface area contributed by atoms with Crippen LogP contribution in [0.4, 0.5) is 0 Å². The van der Waals surface area contributed by atoms with E-state index in [0.717, 1.165) is 25.6 Å². The average Bonchev–Trinajstić information content (AvgIpc) is 2.66. The molecular formula is C22H48IN5. The van der Waals surface area contributed by atoms with Crippen LogP contribution in [0.15, 0.2) is 4.99 Å². The number of piperazine rings is 1. The topological polar surface area (TPSA) is 42.9 Å². The summed E-state index contributed by atoms with van der Waals surface area (Å²) in [6.45, 7) is 21.5. The molecule has 1 heterocycles. The third-order valence-electron chi connectivity index (χ3n) is 5.57. The minimum absolute atomic E-state index is 0. The Kier molecular flexibility index (Phi) is 16.6. The molecule has 168 valence electrons. The molecule has 0 amide bonds. The number of halogens is 1. The van der Waals surface area contributed by atoms with E-state index in [1.807, 2.05) is 0 Å². The van der Waals surface area contributed by atoms with Gasteiger partial charge >= 0.3 is 0 Å². The maximum absolute atomic E-state index is 4.85. The van der Waals surface area contributed by atoms with Gasteiger partial charge in [0.25, 0.3) is 0 Å². The maximum Gasteiger partial charge on any atom is 0.191 e. The molecule has 0 radical (unpaired) electrons. The highest BCUT2D eigenvalue weighted by molar-refractivity contribution is 14.0. The van der Waals surface area contributed by atoms with Crippen LogP contribution in [-0.4, -0.2) is 74.7 Å². The van der Waals surface area contributed by atoms with E-state index < -0.39 is 0 Å². The molecule has 0 saturated carbocycles. The normalized spacial score (nSPS) is 16.7. The molecule has 1 aliphatic rings. The molecule has 0 aromatic carbocycles. The van der Waals surface area contributed by atoms with E-state index in [9.17, 15) is 0 Å². The zero-order valence-corrected chi connectivity index (χ0v) is 21.7. The van der Waals surface area contributed by atoms with E-state index in [0.29, 0.717) is 0 Å². The predicted octanol–water partition coefficient (Wildman–Crippen LogP) is 4.18. The van der Waals surface area contributed by atoms with E-state index >= 15 is 0 Å². The minimum Gasteiger partial charge on any atom is -0.357 e. The summed E-state index contributed by atoms with van der Waals surface area (Å²) in [7, 11) is 0. The number of likely N-dealkylation sites (N-methyl/N-ethyl adjacent to an activating group) is 1. The lowest BCUT2D eigenvalue weighted by atomic mass is 9.87. The first-order valence-electron chi connectivity index (χ1n) is 11.5. The van der Waals surface area contributed by atoms with E-state index in [1.54, 1.807) is 0 Å². The van der Waals surface area contributed by atoms with E-state index in [1.165, 1.54) is 77.8 Å². The molecule has 0 unspecified atom stereocenters. The Morgan fingerprint density at radius 3 is 2.18 bits per heavy atom. The Morgan fingerprint density at radius 2 is 1.57 bits per heavy atom. The van der Waals surface area contributed by atoms with Crippen LogP contribution in [0.1, 0.15) is 73.1 Å². The molecule has 0 bridgehead atoms. The van der Waals surface area contributed by atoms with Crippen LogP contribution in [0.2, 0.25) is 0 Å². The van der Waals surface area contributed by atoms with Gasteiger partial charge in [-0.2, -0.15) is 0 Å². The monoisotopic (exact) mass is 509 g/mol. The van der Waals surface area contributed by atoms with Crippen molar-refractivity contribution in [1.29, 1.82) is 0 Å². The van der Waals surface area contributed by atoms with Gasteiger partial charge in [0, 0.05) is 45.8 Å². The summed E-state index contributed by atoms with van der Waals surface area (Å²) in [4.78, 5) is 10.0. The number of nitrogens with zero attached hydrogens (tertiary/aromatic N) is 3. The second kappa shape index (κ2) is 16.7. The van der Waals surface area contributed by atoms with Crippen molar-refractivity contribution in [2.75, 3.05) is 58.9 Å². The number of hydrogen-bond donors (Lipinski definition) is 2. The van der Waals surface area contributed by atoms with Gasteiger partial charge in [0.05, 0.1) is 0 Å². The summed E-state index contributed by atoms with van der Waals surface area (Å²) in [6, 6.07) is 0. The fraction of sp³-hybridized carbons (Fsp3) is 0.955. The Hall–Kier alpha value is -0.0800. The predicted molar refractivity (Wildman–Crippen MR) is 135 cm³/mol. The highest BCUT2D eigenvalue weighted by atomic mass is 127. The summed E-state index contributed by atoms with van der Waals surface area (Å²) in [5.41, 5.74) is 0.290. The number of rotatable bonds is 13. The van der Waals surface area contributed by atoms with Crippen LogP contribution in [0, 0.1) is 5.41 Å². The largest absolute Gasteiger partial charge is 0.357 e. The van der Waals surface area contributed by atoms with Gasteiger partial charge in [-0.25, -0.2) is 0 Å². The number of aliphatic imine (C=N–C) groups is 1. The number of nitrogens with one attached hydrogen (secondary N) is 2. The van der Waals surface area contributed by atoms with Gasteiger partial charge in [0.1, 0.15) is 0 Å². The lowest BCUT2D eigenvalue weighted by Crippen LogP contribution is -2.46. The van der Waals surface area contributed by atoms with Crippen molar-refractivity contribution in [2.45, 2.75) is 73.1 Å². The molecule has 6 heteroatoms. The smallest absolute Gasteiger partial charge is 0.191 e. The number of guanidine groups is 1. The fourth-order valence-corrected chi connectivity index (χ4v) is 3.56. The van der Waals surface area contributed by atoms with Crippen LogP contribution in [0.3, 0.4) is 0 Å². The summed E-state index contributed by atoms with van der Waals surface area (Å²) in [6.07, 6.45) is 7.67. The van der Waals surface area contributed by atoms with Crippen LogP contribution in [0.5, 0.6) is 0 Å². The van der Waals surface area contributed by atoms with Crippen molar-refractivity contribution in [3.63, 3.8) is 0 Å². The van der Waals surface area contributed by atoms with Gasteiger partial charge in [0.2, 0.25) is 0 Å². The minimum atomic E-state index is 0. The van der Waals surface area contributed by atoms with Crippen molar-refractivity contribution in [3.05, 3.63) is 0 Å². The summed E-state index contributed by atoms with van der Waals surface area (Å²) >= 11 is 0. The molecule has 1 saturated heterocycles. The molecule has 0 aliphatic carbocycles. The van der Waals surface area contributed by atoms with E-state index in [-0.39, 0.29) is 29.4 Å². The molecule has 1 rings (SSSR count). The van der Waals surface area contributed by atoms with Crippen molar-refractivity contribution in [2.24, 2.45) is 10.4 Å². The van der Waals surface area contributed by atoms with Crippen LogP contribution in [0.25, 0.3) is 0 Å². The fourth-order valence-electron chi connectivity index (χ4n) is 3.56. The first-order valence-corrected chi connectivity index (χ1v) is 11.5. The molecule has 0 atom stereocenters. The lowest BCUT2D eigenvalue weighted by Gasteiger charge is -2.34. The molecular weight excluding hydrogens is 461 g/mol. The van der Waals surface area contributed by atoms with Gasteiger partial charge in [0.15, 0.2) is 5.96 Å². The van der Waals surface area contributed by atoms with Gasteiger partial charge in [-0.3, -0.25) is 4.99 Å². The standard InChI is InChI=1S/C22H47N5.HI/c1-6-9-10-13-22(4,5)20-25-21(23-7-2)24-14-11-12-15-27-18-16-26(8-3)17-19-27;/h6-20H2,1-5H3,(H2,23,24,25);1H. The highest BCUT2D eigenvalue weighted by Gasteiger charge is 2.17. The third kappa shape index (κ3) is 13.2. The molecule has 28 heavy (non-hydrogen) atoms. The van der Waals surface area contributed by atoms with E-state index in [4.69, 9.17) is 4.99 Å². The Balaban J connectivity index is 0.00000729. The van der Waals surface area contributed by atoms with Gasteiger partial charge in [-0.15, -0.1) is 24.0 Å². The van der Waals surface area contributed by atoms with Gasteiger partial charge < -0.3 is 20.4 Å². The number of unbranched alkanes of at least 4 members (excludes halogenated alkanes) is 3. The van der Waals surface area contributed by atoms with Crippen LogP contribution < -0.4 is 10.6 Å². The third-order valence-corrected chi connectivity index (χ3v) is 5.57. The zero-order chi connectivity index (χ0) is 20.0. The number of hydrogen-bond acceptors (Lipinski definition) is 3. The SMILES string of the molecule is CCCCCC(C)(C)CN=C(NCC)NCCCCN1CCN(CC)CC1.I. The van der Waals surface area contributed by atoms with E-state index in [2.05, 4.69) is 55.1 Å². The Bertz CT molecular complexity index is 392. The lowest BCUT2D eigenvalue weighted by molar-refractivity contribution is 0.136. The molecule has 0 spiro atoms. The summed E-state index contributed by atoms with van der Waals surface area (Å²) in [5, 5.41) is 6.92. The Morgan fingerprint density at radius 1 is 0.893 bits per heavy atom. The summed E-state index contributed by atoms with van der Waals surface area (Å²) in [5.74, 6) is 0.984. The van der Waals surface area contributed by atoms with Crippen molar-refractivity contribution >= 4 is 29.9 Å². The first-order chi connectivity index (χ1) is 13.0. The quantitative estimate of drug-likeness (QED) is 0.169. The van der Waals surface area contributed by atoms with Crippen molar-refractivity contribution in [3.8, 4) is 0 Å². The molecule has 1 aliphatic heterocycles.